The summed E-state index contributed by atoms with van der Waals surface area (Å²) in [7, 11) is 0. The topological polar surface area (TPSA) is 65.3 Å². The largest absolute Gasteiger partial charge is 0.455 e. The summed E-state index contributed by atoms with van der Waals surface area (Å²) in [5.41, 5.74) is 0.969. The highest BCUT2D eigenvalue weighted by molar-refractivity contribution is 5.40. The summed E-state index contributed by atoms with van der Waals surface area (Å²) in [4.78, 5) is 14.1. The molecule has 17 heavy (non-hydrogen) atoms. The number of non-ortho nitro benzene ring substituents is 1. The maximum absolute atomic E-state index is 10.6. The van der Waals surface area contributed by atoms with Crippen LogP contribution in [0, 0.1) is 17.0 Å². The third kappa shape index (κ3) is 2.78. The quantitative estimate of drug-likeness (QED) is 0.600. The maximum atomic E-state index is 10.6. The number of aromatic nitrogens is 1. The number of benzene rings is 1. The van der Waals surface area contributed by atoms with Gasteiger partial charge in [0.25, 0.3) is 5.69 Å². The lowest BCUT2D eigenvalue weighted by molar-refractivity contribution is -0.384. The van der Waals surface area contributed by atoms with Crippen molar-refractivity contribution < 1.29 is 9.66 Å². The van der Waals surface area contributed by atoms with Crippen LogP contribution in [-0.2, 0) is 0 Å². The summed E-state index contributed by atoms with van der Waals surface area (Å²) in [6.07, 6.45) is 3.27. The average Bonchev–Trinajstić information content (AvgIpc) is 2.29. The smallest absolute Gasteiger partial charge is 0.273 e. The summed E-state index contributed by atoms with van der Waals surface area (Å²) in [5.74, 6) is 0.983. The second kappa shape index (κ2) is 4.61. The molecule has 2 aromatic rings. The van der Waals surface area contributed by atoms with Crippen LogP contribution in [0.3, 0.4) is 0 Å². The van der Waals surface area contributed by atoms with Gasteiger partial charge in [0.05, 0.1) is 17.2 Å². The Morgan fingerprint density at radius 2 is 2.06 bits per heavy atom. The van der Waals surface area contributed by atoms with E-state index in [0.717, 1.165) is 5.56 Å². The zero-order chi connectivity index (χ0) is 12.3. The number of hydrogen-bond acceptors (Lipinski definition) is 4. The maximum Gasteiger partial charge on any atom is 0.273 e. The van der Waals surface area contributed by atoms with Crippen LogP contribution in [0.1, 0.15) is 5.56 Å². The van der Waals surface area contributed by atoms with Crippen molar-refractivity contribution in [3.63, 3.8) is 0 Å². The lowest BCUT2D eigenvalue weighted by Crippen LogP contribution is -1.90. The lowest BCUT2D eigenvalue weighted by Gasteiger charge is -2.05. The number of nitro groups is 1. The predicted octanol–water partition coefficient (Wildman–Crippen LogP) is 3.09. The zero-order valence-corrected chi connectivity index (χ0v) is 9.16. The molecule has 5 heteroatoms. The van der Waals surface area contributed by atoms with Crippen molar-refractivity contribution in [1.82, 2.24) is 4.98 Å². The minimum atomic E-state index is -0.457. The molecule has 86 valence electrons. The molecule has 0 fully saturated rings. The molecular formula is C12H10N2O3. The monoisotopic (exact) mass is 230 g/mol. The van der Waals surface area contributed by atoms with Gasteiger partial charge >= 0.3 is 0 Å². The summed E-state index contributed by atoms with van der Waals surface area (Å²) in [6, 6.07) is 7.85. The number of nitrogens with zero attached hydrogens (tertiary/aromatic N) is 2. The molecule has 1 aromatic heterocycles. The first-order chi connectivity index (χ1) is 8.15. The van der Waals surface area contributed by atoms with Crippen LogP contribution in [-0.4, -0.2) is 9.91 Å². The van der Waals surface area contributed by atoms with Gasteiger partial charge in [0.15, 0.2) is 0 Å². The molecule has 0 amide bonds. The summed E-state index contributed by atoms with van der Waals surface area (Å²) < 4.78 is 5.48. The molecule has 0 aliphatic carbocycles. The Labute approximate surface area is 97.8 Å². The fourth-order valence-electron chi connectivity index (χ4n) is 1.38. The first kappa shape index (κ1) is 11.1. The third-order valence-corrected chi connectivity index (χ3v) is 2.11. The Kier molecular flexibility index (Phi) is 3.00. The highest BCUT2D eigenvalue weighted by Crippen LogP contribution is 2.24. The van der Waals surface area contributed by atoms with Crippen LogP contribution in [0.5, 0.6) is 11.5 Å². The van der Waals surface area contributed by atoms with Crippen molar-refractivity contribution in [3.05, 3.63) is 58.4 Å². The Morgan fingerprint density at radius 3 is 2.76 bits per heavy atom. The van der Waals surface area contributed by atoms with Gasteiger partial charge in [-0.15, -0.1) is 0 Å². The third-order valence-electron chi connectivity index (χ3n) is 2.11. The summed E-state index contributed by atoms with van der Waals surface area (Å²) in [5, 5.41) is 10.6. The number of nitro benzene ring substituents is 1. The molecule has 1 aromatic carbocycles. The van der Waals surface area contributed by atoms with Crippen molar-refractivity contribution in [3.8, 4) is 11.5 Å². The van der Waals surface area contributed by atoms with E-state index in [-0.39, 0.29) is 5.69 Å². The molecule has 0 aliphatic heterocycles. The highest BCUT2D eigenvalue weighted by atomic mass is 16.6. The molecular weight excluding hydrogens is 220 g/mol. The van der Waals surface area contributed by atoms with E-state index in [1.807, 2.05) is 13.0 Å². The predicted molar refractivity (Wildman–Crippen MR) is 62.1 cm³/mol. The zero-order valence-electron chi connectivity index (χ0n) is 9.16. The van der Waals surface area contributed by atoms with Crippen LogP contribution >= 0.6 is 0 Å². The molecule has 0 aliphatic rings. The molecule has 0 atom stereocenters. The molecule has 0 saturated heterocycles. The van der Waals surface area contributed by atoms with Crippen LogP contribution < -0.4 is 4.74 Å². The van der Waals surface area contributed by atoms with Crippen LogP contribution in [0.25, 0.3) is 0 Å². The number of ether oxygens (including phenoxy) is 1. The van der Waals surface area contributed by atoms with Gasteiger partial charge in [-0.25, -0.2) is 0 Å². The van der Waals surface area contributed by atoms with E-state index < -0.39 is 4.92 Å². The molecule has 0 unspecified atom stereocenters. The van der Waals surface area contributed by atoms with Gasteiger partial charge in [-0.1, -0.05) is 6.07 Å². The summed E-state index contributed by atoms with van der Waals surface area (Å²) >= 11 is 0. The number of hydrogen-bond donors (Lipinski definition) is 0. The van der Waals surface area contributed by atoms with Gasteiger partial charge in [0.1, 0.15) is 11.5 Å². The Bertz CT molecular complexity index is 555. The van der Waals surface area contributed by atoms with Crippen molar-refractivity contribution in [2.75, 3.05) is 0 Å². The number of aryl methyl sites for hydroxylation is 1. The van der Waals surface area contributed by atoms with E-state index in [9.17, 15) is 10.1 Å². The minimum Gasteiger partial charge on any atom is -0.455 e. The van der Waals surface area contributed by atoms with Crippen LogP contribution in [0.4, 0.5) is 5.69 Å². The summed E-state index contributed by atoms with van der Waals surface area (Å²) in [6.45, 7) is 1.90. The SMILES string of the molecule is Cc1cncc(Oc2cccc([N+](=O)[O-])c2)c1. The van der Waals surface area contributed by atoms with E-state index in [1.54, 1.807) is 24.5 Å². The van der Waals surface area contributed by atoms with E-state index >= 15 is 0 Å². The van der Waals surface area contributed by atoms with Gasteiger partial charge in [-0.3, -0.25) is 15.1 Å². The standard InChI is InChI=1S/C12H10N2O3/c1-9-5-12(8-13-7-9)17-11-4-2-3-10(6-11)14(15)16/h2-8H,1H3. The molecule has 5 nitrogen and oxygen atoms in total. The first-order valence-corrected chi connectivity index (χ1v) is 4.99. The molecule has 2 rings (SSSR count). The molecule has 0 spiro atoms. The minimum absolute atomic E-state index is 0.00288. The fraction of sp³-hybridized carbons (Fsp3) is 0.0833. The van der Waals surface area contributed by atoms with Crippen molar-refractivity contribution >= 4 is 5.69 Å². The van der Waals surface area contributed by atoms with Crippen molar-refractivity contribution in [2.45, 2.75) is 6.92 Å². The van der Waals surface area contributed by atoms with Crippen LogP contribution in [0.15, 0.2) is 42.7 Å². The average molecular weight is 230 g/mol. The first-order valence-electron chi connectivity index (χ1n) is 4.99. The Morgan fingerprint density at radius 1 is 1.24 bits per heavy atom. The van der Waals surface area contributed by atoms with Crippen molar-refractivity contribution in [2.24, 2.45) is 0 Å². The van der Waals surface area contributed by atoms with E-state index in [1.165, 1.54) is 12.1 Å². The Hall–Kier alpha value is -2.43. The van der Waals surface area contributed by atoms with E-state index in [0.29, 0.717) is 11.5 Å². The molecule has 0 radical (unpaired) electrons. The van der Waals surface area contributed by atoms with Gasteiger partial charge in [0.2, 0.25) is 0 Å². The molecule has 0 N–H and O–H groups in total. The van der Waals surface area contributed by atoms with Gasteiger partial charge < -0.3 is 4.74 Å². The number of rotatable bonds is 3. The highest BCUT2D eigenvalue weighted by Gasteiger charge is 2.07. The van der Waals surface area contributed by atoms with E-state index in [4.69, 9.17) is 4.74 Å². The van der Waals surface area contributed by atoms with Crippen molar-refractivity contribution in [1.29, 1.82) is 0 Å². The number of pyridine rings is 1. The second-order valence-electron chi connectivity index (χ2n) is 3.55. The molecule has 0 bridgehead atoms. The van der Waals surface area contributed by atoms with Gasteiger partial charge in [-0.2, -0.15) is 0 Å². The molecule has 0 saturated carbocycles. The lowest BCUT2D eigenvalue weighted by atomic mass is 10.3. The second-order valence-corrected chi connectivity index (χ2v) is 3.55. The van der Waals surface area contributed by atoms with E-state index in [2.05, 4.69) is 4.98 Å². The van der Waals surface area contributed by atoms with Gasteiger partial charge in [-0.05, 0) is 24.6 Å². The van der Waals surface area contributed by atoms with Gasteiger partial charge in [0, 0.05) is 12.3 Å². The normalized spacial score (nSPS) is 9.94. The fourth-order valence-corrected chi connectivity index (χ4v) is 1.38. The Balaban J connectivity index is 2.24. The molecule has 1 heterocycles. The van der Waals surface area contributed by atoms with Crippen LogP contribution in [0.2, 0.25) is 0 Å².